The molecule has 1 heterocycles. The summed E-state index contributed by atoms with van der Waals surface area (Å²) in [6, 6.07) is 33.0. The minimum atomic E-state index is -0.198. The van der Waals surface area contributed by atoms with E-state index < -0.39 is 0 Å². The van der Waals surface area contributed by atoms with Crippen molar-refractivity contribution in [2.75, 3.05) is 0 Å². The van der Waals surface area contributed by atoms with Gasteiger partial charge in [-0.15, -0.1) is 0 Å². The molecule has 4 nitrogen and oxygen atoms in total. The molecule has 0 fully saturated rings. The van der Waals surface area contributed by atoms with Crippen LogP contribution >= 0.6 is 0 Å². The van der Waals surface area contributed by atoms with Crippen molar-refractivity contribution in [1.29, 1.82) is 0 Å². The third-order valence-electron chi connectivity index (χ3n) is 6.14. The summed E-state index contributed by atoms with van der Waals surface area (Å²) in [5.74, 6) is 0.910. The topological polar surface area (TPSA) is 46.9 Å². The van der Waals surface area contributed by atoms with Crippen LogP contribution in [0.4, 0.5) is 0 Å². The summed E-state index contributed by atoms with van der Waals surface area (Å²) in [6.45, 7) is 2.71. The van der Waals surface area contributed by atoms with Crippen LogP contribution in [0.25, 0.3) is 21.8 Å². The molecular weight excluding hydrogens is 406 g/mol. The van der Waals surface area contributed by atoms with Gasteiger partial charge in [-0.25, -0.2) is 4.98 Å². The molecule has 1 atom stereocenters. The van der Waals surface area contributed by atoms with Gasteiger partial charge in [0.25, 0.3) is 0 Å². The Kier molecular flexibility index (Phi) is 5.90. The van der Waals surface area contributed by atoms with Gasteiger partial charge in [0.2, 0.25) is 5.91 Å². The van der Waals surface area contributed by atoms with Crippen LogP contribution in [0.1, 0.15) is 36.3 Å². The molecule has 0 spiro atoms. The predicted molar refractivity (Wildman–Crippen MR) is 134 cm³/mol. The smallest absolute Gasteiger partial charge is 0.220 e. The van der Waals surface area contributed by atoms with Gasteiger partial charge in [0.15, 0.2) is 0 Å². The van der Waals surface area contributed by atoms with E-state index in [9.17, 15) is 4.79 Å². The number of nitrogens with zero attached hydrogens (tertiary/aromatic N) is 2. The van der Waals surface area contributed by atoms with E-state index in [1.54, 1.807) is 0 Å². The van der Waals surface area contributed by atoms with Crippen LogP contribution in [0.3, 0.4) is 0 Å². The van der Waals surface area contributed by atoms with Gasteiger partial charge < -0.3 is 9.88 Å². The molecule has 0 radical (unpaired) electrons. The number of aryl methyl sites for hydroxylation is 1. The van der Waals surface area contributed by atoms with Gasteiger partial charge in [-0.05, 0) is 47.4 Å². The fraction of sp³-hybridized carbons (Fsp3) is 0.172. The number of carbonyl (C=O) groups excluding carboxylic acids is 1. The van der Waals surface area contributed by atoms with E-state index in [0.29, 0.717) is 13.0 Å². The average molecular weight is 434 g/mol. The second kappa shape index (κ2) is 9.29. The molecule has 0 bridgehead atoms. The van der Waals surface area contributed by atoms with Gasteiger partial charge in [-0.3, -0.25) is 4.79 Å². The third kappa shape index (κ3) is 4.51. The predicted octanol–water partition coefficient (Wildman–Crippen LogP) is 6.05. The highest BCUT2D eigenvalue weighted by molar-refractivity contribution is 5.86. The molecule has 0 saturated heterocycles. The van der Waals surface area contributed by atoms with Crippen molar-refractivity contribution >= 4 is 27.7 Å². The monoisotopic (exact) mass is 433 g/mol. The molecule has 4 aromatic carbocycles. The van der Waals surface area contributed by atoms with Crippen LogP contribution in [-0.2, 0) is 17.8 Å². The number of rotatable bonds is 7. The average Bonchev–Trinajstić information content (AvgIpc) is 3.22. The molecule has 164 valence electrons. The van der Waals surface area contributed by atoms with Crippen molar-refractivity contribution in [3.8, 4) is 0 Å². The second-order valence-electron chi connectivity index (χ2n) is 8.46. The number of benzene rings is 4. The van der Waals surface area contributed by atoms with Crippen LogP contribution in [0, 0.1) is 0 Å². The highest BCUT2D eigenvalue weighted by Crippen LogP contribution is 2.25. The standard InChI is InChI=1S/C29H27N3O/c1-21(30-28(33)19-18-22-10-3-2-4-11-22)29-31-26-16-7-8-17-27(26)32(29)20-24-14-9-13-23-12-5-6-15-25(23)24/h2-17,21H,18-20H2,1H3,(H,30,33). The van der Waals surface area contributed by atoms with E-state index in [1.807, 2.05) is 43.3 Å². The fourth-order valence-electron chi connectivity index (χ4n) is 4.47. The van der Waals surface area contributed by atoms with Crippen LogP contribution < -0.4 is 5.32 Å². The second-order valence-corrected chi connectivity index (χ2v) is 8.46. The molecule has 1 unspecified atom stereocenters. The van der Waals surface area contributed by atoms with Crippen molar-refractivity contribution in [3.63, 3.8) is 0 Å². The van der Waals surface area contributed by atoms with Crippen molar-refractivity contribution in [2.24, 2.45) is 0 Å². The zero-order chi connectivity index (χ0) is 22.6. The first-order chi connectivity index (χ1) is 16.2. The zero-order valence-electron chi connectivity index (χ0n) is 18.7. The SMILES string of the molecule is CC(NC(=O)CCc1ccccc1)c1nc2ccccc2n1Cc1cccc2ccccc12. The van der Waals surface area contributed by atoms with Crippen LogP contribution in [0.5, 0.6) is 0 Å². The molecule has 0 aliphatic heterocycles. The summed E-state index contributed by atoms with van der Waals surface area (Å²) >= 11 is 0. The summed E-state index contributed by atoms with van der Waals surface area (Å²) in [7, 11) is 0. The number of hydrogen-bond donors (Lipinski definition) is 1. The Morgan fingerprint density at radius 2 is 1.61 bits per heavy atom. The normalized spacial score (nSPS) is 12.2. The number of amides is 1. The number of aromatic nitrogens is 2. The Balaban J connectivity index is 1.42. The molecular formula is C29H27N3O. The molecule has 0 saturated carbocycles. The highest BCUT2D eigenvalue weighted by Gasteiger charge is 2.19. The highest BCUT2D eigenvalue weighted by atomic mass is 16.1. The number of carbonyl (C=O) groups is 1. The summed E-state index contributed by atoms with van der Waals surface area (Å²) < 4.78 is 2.24. The molecule has 1 amide bonds. The minimum absolute atomic E-state index is 0.0371. The molecule has 4 heteroatoms. The lowest BCUT2D eigenvalue weighted by Crippen LogP contribution is -2.29. The van der Waals surface area contributed by atoms with Crippen LogP contribution in [-0.4, -0.2) is 15.5 Å². The van der Waals surface area contributed by atoms with E-state index in [2.05, 4.69) is 70.5 Å². The lowest BCUT2D eigenvalue weighted by Gasteiger charge is -2.17. The molecule has 5 aromatic rings. The van der Waals surface area contributed by atoms with Crippen molar-refractivity contribution in [1.82, 2.24) is 14.9 Å². The zero-order valence-corrected chi connectivity index (χ0v) is 18.7. The first-order valence-electron chi connectivity index (χ1n) is 11.4. The Labute approximate surface area is 193 Å². The summed E-state index contributed by atoms with van der Waals surface area (Å²) in [5.41, 5.74) is 4.42. The number of hydrogen-bond acceptors (Lipinski definition) is 2. The van der Waals surface area contributed by atoms with Crippen molar-refractivity contribution in [3.05, 3.63) is 114 Å². The summed E-state index contributed by atoms with van der Waals surface area (Å²) in [4.78, 5) is 17.6. The number of imidazole rings is 1. The lowest BCUT2D eigenvalue weighted by molar-refractivity contribution is -0.121. The van der Waals surface area contributed by atoms with Crippen molar-refractivity contribution in [2.45, 2.75) is 32.4 Å². The first kappa shape index (κ1) is 21.0. The Bertz CT molecular complexity index is 1400. The van der Waals surface area contributed by atoms with E-state index in [4.69, 9.17) is 4.98 Å². The van der Waals surface area contributed by atoms with Gasteiger partial charge in [0, 0.05) is 6.42 Å². The summed E-state index contributed by atoms with van der Waals surface area (Å²) in [6.07, 6.45) is 1.18. The quantitative estimate of drug-likeness (QED) is 0.340. The Hall–Kier alpha value is -3.92. The maximum atomic E-state index is 12.7. The maximum absolute atomic E-state index is 12.7. The number of fused-ring (bicyclic) bond motifs is 2. The lowest BCUT2D eigenvalue weighted by atomic mass is 10.0. The first-order valence-corrected chi connectivity index (χ1v) is 11.4. The molecule has 33 heavy (non-hydrogen) atoms. The van der Waals surface area contributed by atoms with Crippen LogP contribution in [0.15, 0.2) is 97.1 Å². The Morgan fingerprint density at radius 3 is 2.48 bits per heavy atom. The van der Waals surface area contributed by atoms with Gasteiger partial charge in [0.05, 0.1) is 23.6 Å². The van der Waals surface area contributed by atoms with E-state index in [0.717, 1.165) is 23.3 Å². The Morgan fingerprint density at radius 1 is 0.879 bits per heavy atom. The van der Waals surface area contributed by atoms with Gasteiger partial charge in [-0.1, -0.05) is 84.9 Å². The van der Waals surface area contributed by atoms with Crippen LogP contribution in [0.2, 0.25) is 0 Å². The van der Waals surface area contributed by atoms with E-state index >= 15 is 0 Å². The van der Waals surface area contributed by atoms with Gasteiger partial charge in [-0.2, -0.15) is 0 Å². The van der Waals surface area contributed by atoms with E-state index in [1.165, 1.54) is 21.9 Å². The summed E-state index contributed by atoms with van der Waals surface area (Å²) in [5, 5.41) is 5.63. The maximum Gasteiger partial charge on any atom is 0.220 e. The molecule has 1 aromatic heterocycles. The molecule has 0 aliphatic rings. The third-order valence-corrected chi connectivity index (χ3v) is 6.14. The number of para-hydroxylation sites is 2. The van der Waals surface area contributed by atoms with E-state index in [-0.39, 0.29) is 11.9 Å². The molecule has 1 N–H and O–H groups in total. The number of nitrogens with one attached hydrogen (secondary N) is 1. The molecule has 0 aliphatic carbocycles. The van der Waals surface area contributed by atoms with Gasteiger partial charge >= 0.3 is 0 Å². The fourth-order valence-corrected chi connectivity index (χ4v) is 4.47. The largest absolute Gasteiger partial charge is 0.346 e. The van der Waals surface area contributed by atoms with Gasteiger partial charge in [0.1, 0.15) is 5.82 Å². The molecule has 5 rings (SSSR count). The minimum Gasteiger partial charge on any atom is -0.346 e. The van der Waals surface area contributed by atoms with Crippen molar-refractivity contribution < 1.29 is 4.79 Å².